The van der Waals surface area contributed by atoms with Crippen LogP contribution in [-0.4, -0.2) is 33.0 Å². The molecule has 0 saturated heterocycles. The highest BCUT2D eigenvalue weighted by atomic mass is 35.5. The van der Waals surface area contributed by atoms with Crippen molar-refractivity contribution in [3.63, 3.8) is 0 Å². The number of anilines is 1. The Labute approximate surface area is 210 Å². The molecule has 2 amide bonds. The molecule has 2 heterocycles. The van der Waals surface area contributed by atoms with Gasteiger partial charge in [-0.2, -0.15) is 10.1 Å². The Morgan fingerprint density at radius 1 is 1.06 bits per heavy atom. The lowest BCUT2D eigenvalue weighted by Gasteiger charge is -2.23. The Hall–Kier alpha value is -3.49. The molecular weight excluding hydrogens is 487 g/mol. The Morgan fingerprint density at radius 2 is 1.77 bits per heavy atom. The Morgan fingerprint density at radius 3 is 2.49 bits per heavy atom. The minimum atomic E-state index is -0.660. The van der Waals surface area contributed by atoms with Gasteiger partial charge in [0.15, 0.2) is 5.17 Å². The van der Waals surface area contributed by atoms with Crippen molar-refractivity contribution in [3.05, 3.63) is 101 Å². The summed E-state index contributed by atoms with van der Waals surface area (Å²) in [4.78, 5) is 29.4. The molecule has 1 N–H and O–H groups in total. The quantitative estimate of drug-likeness (QED) is 0.484. The second-order valence-electron chi connectivity index (χ2n) is 8.13. The van der Waals surface area contributed by atoms with Crippen molar-refractivity contribution in [2.24, 2.45) is 10.1 Å². The number of aliphatic imine (C=N–C) groups is 1. The molecule has 5 rings (SSSR count). The average molecular weight is 507 g/mol. The van der Waals surface area contributed by atoms with Crippen molar-refractivity contribution in [3.8, 4) is 0 Å². The third-order valence-corrected chi connectivity index (χ3v) is 7.09. The number of thioether (sulfide) groups is 1. The van der Waals surface area contributed by atoms with Crippen LogP contribution in [0, 0.1) is 5.82 Å². The first-order valence-corrected chi connectivity index (χ1v) is 12.2. The molecule has 0 radical (unpaired) electrons. The number of amides is 2. The molecule has 0 aromatic heterocycles. The Kier molecular flexibility index (Phi) is 6.66. The topological polar surface area (TPSA) is 74.1 Å². The molecule has 2 unspecified atom stereocenters. The molecule has 176 valence electrons. The van der Waals surface area contributed by atoms with Crippen molar-refractivity contribution >= 4 is 51.7 Å². The predicted octanol–water partition coefficient (Wildman–Crippen LogP) is 5.66. The maximum absolute atomic E-state index is 13.1. The molecule has 2 atom stereocenters. The summed E-state index contributed by atoms with van der Waals surface area (Å²) in [6, 6.07) is 22.7. The van der Waals surface area contributed by atoms with Crippen LogP contribution in [0.15, 0.2) is 89.0 Å². The fourth-order valence-electron chi connectivity index (χ4n) is 3.95. The van der Waals surface area contributed by atoms with Gasteiger partial charge in [-0.05, 0) is 47.5 Å². The number of amidine groups is 1. The van der Waals surface area contributed by atoms with Crippen molar-refractivity contribution in [2.75, 3.05) is 5.32 Å². The molecule has 2 aliphatic heterocycles. The lowest BCUT2D eigenvalue weighted by atomic mass is 9.99. The molecule has 3 aromatic rings. The summed E-state index contributed by atoms with van der Waals surface area (Å²) in [5, 5.41) is 9.72. The maximum atomic E-state index is 13.1. The fourth-order valence-corrected chi connectivity index (χ4v) is 5.14. The van der Waals surface area contributed by atoms with Gasteiger partial charge in [0.25, 0.3) is 5.91 Å². The normalized spacial score (nSPS) is 19.5. The van der Waals surface area contributed by atoms with Crippen LogP contribution < -0.4 is 5.32 Å². The van der Waals surface area contributed by atoms with Gasteiger partial charge in [-0.15, -0.1) is 0 Å². The molecule has 0 fully saturated rings. The van der Waals surface area contributed by atoms with Gasteiger partial charge in [0.2, 0.25) is 5.91 Å². The zero-order chi connectivity index (χ0) is 24.4. The molecule has 0 aliphatic carbocycles. The predicted molar refractivity (Wildman–Crippen MR) is 137 cm³/mol. The van der Waals surface area contributed by atoms with Gasteiger partial charge in [-0.1, -0.05) is 65.8 Å². The van der Waals surface area contributed by atoms with E-state index in [2.05, 4.69) is 10.3 Å². The van der Waals surface area contributed by atoms with E-state index < -0.39 is 5.25 Å². The Balaban J connectivity index is 1.34. The Bertz CT molecular complexity index is 1310. The van der Waals surface area contributed by atoms with E-state index in [9.17, 15) is 14.0 Å². The number of nitrogens with one attached hydrogen (secondary N) is 1. The van der Waals surface area contributed by atoms with Gasteiger partial charge in [0.1, 0.15) is 11.1 Å². The number of rotatable bonds is 5. The van der Waals surface area contributed by atoms with Crippen LogP contribution in [0.2, 0.25) is 5.02 Å². The zero-order valence-corrected chi connectivity index (χ0v) is 20.0. The van der Waals surface area contributed by atoms with Gasteiger partial charge >= 0.3 is 0 Å². The number of nitrogens with zero attached hydrogens (tertiary/aromatic N) is 3. The van der Waals surface area contributed by atoms with Crippen LogP contribution in [0.25, 0.3) is 0 Å². The lowest BCUT2D eigenvalue weighted by Crippen LogP contribution is -2.25. The third kappa shape index (κ3) is 5.28. The summed E-state index contributed by atoms with van der Waals surface area (Å²) >= 11 is 7.32. The van der Waals surface area contributed by atoms with Crippen LogP contribution in [0.5, 0.6) is 0 Å². The highest BCUT2D eigenvalue weighted by Gasteiger charge is 2.39. The van der Waals surface area contributed by atoms with E-state index in [0.29, 0.717) is 22.3 Å². The maximum Gasteiger partial charge on any atom is 0.262 e. The minimum Gasteiger partial charge on any atom is -0.326 e. The molecule has 0 spiro atoms. The smallest absolute Gasteiger partial charge is 0.262 e. The van der Waals surface area contributed by atoms with E-state index in [4.69, 9.17) is 16.7 Å². The summed E-state index contributed by atoms with van der Waals surface area (Å²) in [6.45, 7) is 0. The van der Waals surface area contributed by atoms with Crippen molar-refractivity contribution in [1.82, 2.24) is 5.01 Å². The number of benzene rings is 3. The van der Waals surface area contributed by atoms with E-state index in [0.717, 1.165) is 16.8 Å². The van der Waals surface area contributed by atoms with E-state index in [1.807, 2.05) is 54.6 Å². The summed E-state index contributed by atoms with van der Waals surface area (Å²) in [7, 11) is 0. The molecule has 2 aliphatic rings. The SMILES string of the molecule is O=C(CC1SC(N2N=C(c3ccccc3)CC2c2ccc(Cl)cc2)=NC1=O)Nc1ccc(F)cc1. The van der Waals surface area contributed by atoms with E-state index in [1.165, 1.54) is 36.0 Å². The van der Waals surface area contributed by atoms with Crippen LogP contribution >= 0.6 is 23.4 Å². The second kappa shape index (κ2) is 10.0. The minimum absolute atomic E-state index is 0.0530. The first kappa shape index (κ1) is 23.3. The summed E-state index contributed by atoms with van der Waals surface area (Å²) in [5.41, 5.74) is 3.35. The zero-order valence-electron chi connectivity index (χ0n) is 18.4. The monoisotopic (exact) mass is 506 g/mol. The number of carbonyl (C=O) groups excluding carboxylic acids is 2. The van der Waals surface area contributed by atoms with Gasteiger partial charge in [-0.25, -0.2) is 9.40 Å². The average Bonchev–Trinajstić information content (AvgIpc) is 3.46. The fraction of sp³-hybridized carbons (Fsp3) is 0.154. The molecule has 0 bridgehead atoms. The first-order valence-electron chi connectivity index (χ1n) is 11.0. The molecule has 9 heteroatoms. The number of halogens is 2. The number of hydrazone groups is 1. The highest BCUT2D eigenvalue weighted by Crippen LogP contribution is 2.38. The standard InChI is InChI=1S/C26H20ClFN4O2S/c27-18-8-6-17(7-9-18)22-14-21(16-4-2-1-3-5-16)31-32(22)26-30-25(34)23(35-26)15-24(33)29-20-12-10-19(28)11-13-20/h1-13,22-23H,14-15H2,(H,29,33). The number of carbonyl (C=O) groups is 2. The van der Waals surface area contributed by atoms with E-state index >= 15 is 0 Å². The summed E-state index contributed by atoms with van der Waals surface area (Å²) in [5.74, 6) is -1.11. The largest absolute Gasteiger partial charge is 0.326 e. The summed E-state index contributed by atoms with van der Waals surface area (Å²) < 4.78 is 13.1. The molecule has 0 saturated carbocycles. The molecule has 35 heavy (non-hydrogen) atoms. The van der Waals surface area contributed by atoms with Crippen LogP contribution in [0.3, 0.4) is 0 Å². The van der Waals surface area contributed by atoms with Gasteiger partial charge in [-0.3, -0.25) is 9.59 Å². The van der Waals surface area contributed by atoms with Crippen molar-refractivity contribution < 1.29 is 14.0 Å². The van der Waals surface area contributed by atoms with Crippen molar-refractivity contribution in [2.45, 2.75) is 24.1 Å². The number of hydrogen-bond donors (Lipinski definition) is 1. The van der Waals surface area contributed by atoms with Crippen molar-refractivity contribution in [1.29, 1.82) is 0 Å². The van der Waals surface area contributed by atoms with E-state index in [1.54, 1.807) is 5.01 Å². The molecule has 6 nitrogen and oxygen atoms in total. The summed E-state index contributed by atoms with van der Waals surface area (Å²) in [6.07, 6.45) is 0.581. The number of hydrogen-bond acceptors (Lipinski definition) is 5. The lowest BCUT2D eigenvalue weighted by molar-refractivity contribution is -0.121. The van der Waals surface area contributed by atoms with Crippen LogP contribution in [0.1, 0.15) is 30.0 Å². The molecule has 3 aromatic carbocycles. The highest BCUT2D eigenvalue weighted by molar-refractivity contribution is 8.15. The van der Waals surface area contributed by atoms with Gasteiger partial charge < -0.3 is 5.32 Å². The van der Waals surface area contributed by atoms with E-state index in [-0.39, 0.29) is 30.1 Å². The van der Waals surface area contributed by atoms with Gasteiger partial charge in [0, 0.05) is 23.6 Å². The second-order valence-corrected chi connectivity index (χ2v) is 9.73. The third-order valence-electron chi connectivity index (χ3n) is 5.70. The first-order chi connectivity index (χ1) is 17.0. The van der Waals surface area contributed by atoms with Crippen LogP contribution in [-0.2, 0) is 9.59 Å². The van der Waals surface area contributed by atoms with Gasteiger partial charge in [0.05, 0.1) is 11.8 Å². The molecular formula is C26H20ClFN4O2S. The van der Waals surface area contributed by atoms with Crippen LogP contribution in [0.4, 0.5) is 10.1 Å².